The number of hydrogen-bond acceptors (Lipinski definition) is 8. The van der Waals surface area contributed by atoms with Gasteiger partial charge in [0.15, 0.2) is 10.3 Å². The molecule has 0 spiro atoms. The molecule has 0 aliphatic carbocycles. The summed E-state index contributed by atoms with van der Waals surface area (Å²) in [6.45, 7) is 0. The molecule has 0 atom stereocenters. The van der Waals surface area contributed by atoms with Crippen LogP contribution in [-0.4, -0.2) is 29.2 Å². The Morgan fingerprint density at radius 3 is 2.68 bits per heavy atom. The number of thiazole rings is 2. The molecule has 0 amide bonds. The number of methoxy groups -OCH3 is 2. The maximum Gasteiger partial charge on any atom is 0.190 e. The van der Waals surface area contributed by atoms with E-state index in [2.05, 4.69) is 20.3 Å². The third-order valence-corrected chi connectivity index (χ3v) is 5.21. The molecule has 4 aromatic rings. The Balaban J connectivity index is 1.64. The van der Waals surface area contributed by atoms with Crippen molar-refractivity contribution >= 4 is 43.2 Å². The van der Waals surface area contributed by atoms with Gasteiger partial charge >= 0.3 is 0 Å². The largest absolute Gasteiger partial charge is 0.497 e. The second-order valence-electron chi connectivity index (χ2n) is 5.07. The molecule has 0 saturated heterocycles. The topological polar surface area (TPSA) is 69.2 Å². The highest BCUT2D eigenvalue weighted by atomic mass is 32.1. The van der Waals surface area contributed by atoms with Crippen molar-refractivity contribution in [1.82, 2.24) is 15.0 Å². The maximum absolute atomic E-state index is 5.41. The number of rotatable bonds is 5. The van der Waals surface area contributed by atoms with Crippen LogP contribution in [0.25, 0.3) is 21.6 Å². The number of aromatic nitrogens is 3. The quantitative estimate of drug-likeness (QED) is 0.555. The summed E-state index contributed by atoms with van der Waals surface area (Å²) in [5, 5.41) is 6.76. The van der Waals surface area contributed by atoms with Gasteiger partial charge in [0, 0.05) is 17.6 Å². The minimum atomic E-state index is 0.687. The molecule has 0 unspecified atom stereocenters. The number of anilines is 2. The van der Waals surface area contributed by atoms with Crippen LogP contribution in [0.4, 0.5) is 10.3 Å². The summed E-state index contributed by atoms with van der Waals surface area (Å²) in [6.07, 6.45) is 1.76. The lowest BCUT2D eigenvalue weighted by Crippen LogP contribution is -1.90. The zero-order valence-corrected chi connectivity index (χ0v) is 15.1. The molecular weight excluding hydrogens is 356 g/mol. The summed E-state index contributed by atoms with van der Waals surface area (Å²) in [6, 6.07) is 9.55. The average Bonchev–Trinajstić information content (AvgIpc) is 3.28. The fraction of sp³-hybridized carbons (Fsp3) is 0.118. The zero-order valence-electron chi connectivity index (χ0n) is 13.5. The number of hydrogen-bond donors (Lipinski definition) is 1. The van der Waals surface area contributed by atoms with E-state index < -0.39 is 0 Å². The number of pyridine rings is 1. The summed E-state index contributed by atoms with van der Waals surface area (Å²) < 4.78 is 11.7. The van der Waals surface area contributed by atoms with Crippen molar-refractivity contribution < 1.29 is 9.47 Å². The molecule has 0 fully saturated rings. The zero-order chi connectivity index (χ0) is 17.2. The highest BCUT2D eigenvalue weighted by Gasteiger charge is 2.13. The van der Waals surface area contributed by atoms with Crippen LogP contribution >= 0.6 is 22.7 Å². The van der Waals surface area contributed by atoms with Crippen LogP contribution in [0.5, 0.6) is 11.5 Å². The number of nitrogens with zero attached hydrogens (tertiary/aromatic N) is 3. The van der Waals surface area contributed by atoms with Gasteiger partial charge in [-0.1, -0.05) is 17.4 Å². The van der Waals surface area contributed by atoms with Gasteiger partial charge in [0.1, 0.15) is 22.7 Å². The highest BCUT2D eigenvalue weighted by Crippen LogP contribution is 2.37. The van der Waals surface area contributed by atoms with Crippen molar-refractivity contribution in [2.45, 2.75) is 0 Å². The predicted molar refractivity (Wildman–Crippen MR) is 101 cm³/mol. The Labute approximate surface area is 152 Å². The van der Waals surface area contributed by atoms with E-state index in [1.807, 2.05) is 35.7 Å². The molecule has 8 heteroatoms. The van der Waals surface area contributed by atoms with Crippen molar-refractivity contribution in [3.63, 3.8) is 0 Å². The molecule has 1 N–H and O–H groups in total. The third kappa shape index (κ3) is 3.13. The number of nitrogens with one attached hydrogen (secondary N) is 1. The lowest BCUT2D eigenvalue weighted by Gasteiger charge is -2.03. The van der Waals surface area contributed by atoms with E-state index in [0.29, 0.717) is 5.75 Å². The van der Waals surface area contributed by atoms with Crippen LogP contribution in [0.15, 0.2) is 41.9 Å². The van der Waals surface area contributed by atoms with Gasteiger partial charge in [0.25, 0.3) is 0 Å². The normalized spacial score (nSPS) is 10.8. The lowest BCUT2D eigenvalue weighted by molar-refractivity contribution is 0.397. The van der Waals surface area contributed by atoms with Crippen LogP contribution in [0, 0.1) is 0 Å². The van der Waals surface area contributed by atoms with E-state index >= 15 is 0 Å². The second kappa shape index (κ2) is 6.66. The molecule has 1 aromatic carbocycles. The summed E-state index contributed by atoms with van der Waals surface area (Å²) in [5.74, 6) is 1.43. The minimum absolute atomic E-state index is 0.687. The molecule has 0 radical (unpaired) electrons. The Morgan fingerprint density at radius 1 is 1.00 bits per heavy atom. The van der Waals surface area contributed by atoms with Crippen molar-refractivity contribution in [1.29, 1.82) is 0 Å². The van der Waals surface area contributed by atoms with Crippen LogP contribution in [-0.2, 0) is 0 Å². The Kier molecular flexibility index (Phi) is 4.21. The minimum Gasteiger partial charge on any atom is -0.497 e. The van der Waals surface area contributed by atoms with Crippen LogP contribution in [0.3, 0.4) is 0 Å². The van der Waals surface area contributed by atoms with Crippen LogP contribution in [0.2, 0.25) is 0 Å². The summed E-state index contributed by atoms with van der Waals surface area (Å²) in [5.41, 5.74) is 2.49. The first-order valence-corrected chi connectivity index (χ1v) is 9.13. The Hall–Kier alpha value is -2.71. The molecule has 0 bridgehead atoms. The van der Waals surface area contributed by atoms with E-state index in [0.717, 1.165) is 37.6 Å². The van der Waals surface area contributed by atoms with Crippen LogP contribution < -0.4 is 14.8 Å². The van der Waals surface area contributed by atoms with Crippen molar-refractivity contribution in [2.24, 2.45) is 0 Å². The summed E-state index contributed by atoms with van der Waals surface area (Å²) in [4.78, 5) is 13.5. The molecule has 0 saturated carbocycles. The standard InChI is InChI=1S/C17H14N4O2S2/c1-22-10-7-13(23-2)15-14(8-10)25-17(20-15)21-16-19-12(9-24-16)11-5-3-4-6-18-11/h3-9H,1-2H3,(H,19,20,21). The Morgan fingerprint density at radius 2 is 1.92 bits per heavy atom. The first kappa shape index (κ1) is 15.8. The molecule has 3 aromatic heterocycles. The van der Waals surface area contributed by atoms with Crippen molar-refractivity contribution in [3.8, 4) is 22.9 Å². The highest BCUT2D eigenvalue weighted by molar-refractivity contribution is 7.22. The van der Waals surface area contributed by atoms with Gasteiger partial charge in [-0.2, -0.15) is 0 Å². The van der Waals surface area contributed by atoms with E-state index in [4.69, 9.17) is 9.47 Å². The predicted octanol–water partition coefficient (Wildman–Crippen LogP) is 4.58. The van der Waals surface area contributed by atoms with E-state index in [-0.39, 0.29) is 0 Å². The molecule has 126 valence electrons. The first-order chi connectivity index (χ1) is 12.3. The van der Waals surface area contributed by atoms with Gasteiger partial charge in [-0.05, 0) is 18.2 Å². The maximum atomic E-state index is 5.41. The summed E-state index contributed by atoms with van der Waals surface area (Å²) >= 11 is 3.04. The van der Waals surface area contributed by atoms with E-state index in [1.54, 1.807) is 20.4 Å². The monoisotopic (exact) mass is 370 g/mol. The second-order valence-corrected chi connectivity index (χ2v) is 6.96. The van der Waals surface area contributed by atoms with Gasteiger partial charge < -0.3 is 14.8 Å². The van der Waals surface area contributed by atoms with Crippen LogP contribution in [0.1, 0.15) is 0 Å². The molecule has 25 heavy (non-hydrogen) atoms. The fourth-order valence-electron chi connectivity index (χ4n) is 2.36. The molecule has 3 heterocycles. The number of ether oxygens (including phenoxy) is 2. The number of benzene rings is 1. The Bertz CT molecular complexity index is 1010. The average molecular weight is 370 g/mol. The summed E-state index contributed by atoms with van der Waals surface area (Å²) in [7, 11) is 3.26. The van der Waals surface area contributed by atoms with Crippen molar-refractivity contribution in [3.05, 3.63) is 41.9 Å². The van der Waals surface area contributed by atoms with Gasteiger partial charge in [-0.3, -0.25) is 4.98 Å². The fourth-order valence-corrected chi connectivity index (χ4v) is 4.04. The van der Waals surface area contributed by atoms with Gasteiger partial charge in [0.2, 0.25) is 0 Å². The SMILES string of the molecule is COc1cc(OC)c2nc(Nc3nc(-c4ccccn4)cs3)sc2c1. The molecule has 6 nitrogen and oxygen atoms in total. The van der Waals surface area contributed by atoms with Gasteiger partial charge in [-0.25, -0.2) is 9.97 Å². The lowest BCUT2D eigenvalue weighted by atomic mass is 10.3. The number of fused-ring (bicyclic) bond motifs is 1. The van der Waals surface area contributed by atoms with Crippen molar-refractivity contribution in [2.75, 3.05) is 19.5 Å². The van der Waals surface area contributed by atoms with E-state index in [9.17, 15) is 0 Å². The third-order valence-electron chi connectivity index (χ3n) is 3.53. The molecule has 4 rings (SSSR count). The van der Waals surface area contributed by atoms with E-state index in [1.165, 1.54) is 22.7 Å². The first-order valence-electron chi connectivity index (χ1n) is 7.43. The molecule has 0 aliphatic rings. The van der Waals surface area contributed by atoms with Gasteiger partial charge in [0.05, 0.1) is 24.6 Å². The molecule has 0 aliphatic heterocycles. The molecular formula is C17H14N4O2S2. The smallest absolute Gasteiger partial charge is 0.190 e. The van der Waals surface area contributed by atoms with Gasteiger partial charge in [-0.15, -0.1) is 11.3 Å².